The number of nitrogens with one attached hydrogen (secondary N) is 1. The third-order valence-electron chi connectivity index (χ3n) is 1.42. The number of hydrogen-bond acceptors (Lipinski definition) is 2. The van der Waals surface area contributed by atoms with Crippen molar-refractivity contribution in [3.63, 3.8) is 0 Å². The first-order valence-electron chi connectivity index (χ1n) is 3.35. The molecule has 0 heterocycles. The van der Waals surface area contributed by atoms with Gasteiger partial charge in [-0.3, -0.25) is 4.79 Å². The van der Waals surface area contributed by atoms with Crippen molar-refractivity contribution in [3.05, 3.63) is 29.6 Å². The molecule has 0 aliphatic carbocycles. The lowest BCUT2D eigenvalue weighted by Gasteiger charge is -2.01. The Kier molecular flexibility index (Phi) is 2.70. The minimum absolute atomic E-state index is 0.0185. The van der Waals surface area contributed by atoms with Crippen molar-refractivity contribution < 1.29 is 9.18 Å². The highest BCUT2D eigenvalue weighted by Gasteiger charge is 2.09. The number of thiol groups is 1. The molecule has 4 heteroatoms. The van der Waals surface area contributed by atoms with E-state index in [1.807, 2.05) is 0 Å². The molecule has 1 aromatic rings. The van der Waals surface area contributed by atoms with Crippen molar-refractivity contribution in [3.8, 4) is 0 Å². The van der Waals surface area contributed by atoms with Gasteiger partial charge in [-0.15, -0.1) is 12.6 Å². The van der Waals surface area contributed by atoms with Crippen molar-refractivity contribution in [1.29, 1.82) is 0 Å². The van der Waals surface area contributed by atoms with Crippen LogP contribution in [0.15, 0.2) is 23.1 Å². The summed E-state index contributed by atoms with van der Waals surface area (Å²) in [5.74, 6) is -0.976. The Morgan fingerprint density at radius 1 is 1.58 bits per heavy atom. The number of carbonyl (C=O) groups excluding carboxylic acids is 1. The Morgan fingerprint density at radius 3 is 2.83 bits per heavy atom. The summed E-state index contributed by atoms with van der Waals surface area (Å²) in [4.78, 5) is 11.6. The van der Waals surface area contributed by atoms with E-state index >= 15 is 0 Å². The molecule has 64 valence electrons. The molecule has 0 saturated heterocycles. The second-order valence-corrected chi connectivity index (χ2v) is 2.76. The van der Waals surface area contributed by atoms with Crippen LogP contribution in [0.3, 0.4) is 0 Å². The molecule has 1 rings (SSSR count). The lowest BCUT2D eigenvalue weighted by Crippen LogP contribution is -2.19. The molecule has 0 aliphatic rings. The van der Waals surface area contributed by atoms with Crippen LogP contribution in [0.2, 0.25) is 0 Å². The number of carbonyl (C=O) groups is 1. The Labute approximate surface area is 75.2 Å². The molecule has 1 N–H and O–H groups in total. The molecule has 0 radical (unpaired) electrons. The summed E-state index contributed by atoms with van der Waals surface area (Å²) in [5, 5.41) is 2.34. The lowest BCUT2D eigenvalue weighted by atomic mass is 10.2. The van der Waals surface area contributed by atoms with Crippen LogP contribution in [0, 0.1) is 5.82 Å². The van der Waals surface area contributed by atoms with E-state index in [0.717, 1.165) is 0 Å². The molecular weight excluding hydrogens is 177 g/mol. The molecule has 0 bridgehead atoms. The lowest BCUT2D eigenvalue weighted by molar-refractivity contribution is 0.0959. The van der Waals surface area contributed by atoms with Crippen LogP contribution in [-0.2, 0) is 0 Å². The Bertz CT molecular complexity index is 314. The number of halogens is 1. The second kappa shape index (κ2) is 3.58. The molecule has 0 aromatic heterocycles. The van der Waals surface area contributed by atoms with Gasteiger partial charge in [0.2, 0.25) is 0 Å². The average Bonchev–Trinajstić information content (AvgIpc) is 2.08. The van der Waals surface area contributed by atoms with Gasteiger partial charge in [0.25, 0.3) is 5.91 Å². The number of rotatable bonds is 1. The van der Waals surface area contributed by atoms with Crippen molar-refractivity contribution in [2.24, 2.45) is 0 Å². The highest BCUT2D eigenvalue weighted by Crippen LogP contribution is 2.12. The number of benzene rings is 1. The minimum atomic E-state index is -0.535. The van der Waals surface area contributed by atoms with Crippen LogP contribution in [0.1, 0.15) is 10.4 Å². The second-order valence-electron chi connectivity index (χ2n) is 2.24. The predicted octanol–water partition coefficient (Wildman–Crippen LogP) is 1.47. The van der Waals surface area contributed by atoms with Crippen LogP contribution >= 0.6 is 12.6 Å². The van der Waals surface area contributed by atoms with E-state index in [1.54, 1.807) is 0 Å². The summed E-state index contributed by atoms with van der Waals surface area (Å²) in [5.41, 5.74) is 0.0185. The summed E-state index contributed by atoms with van der Waals surface area (Å²) in [7, 11) is 1.45. The van der Waals surface area contributed by atoms with Gasteiger partial charge in [-0.05, 0) is 18.2 Å². The van der Waals surface area contributed by atoms with Crippen LogP contribution < -0.4 is 5.32 Å². The van der Waals surface area contributed by atoms with E-state index in [-0.39, 0.29) is 5.56 Å². The van der Waals surface area contributed by atoms with Gasteiger partial charge in [0.05, 0.1) is 5.56 Å². The van der Waals surface area contributed by atoms with Gasteiger partial charge in [0.15, 0.2) is 0 Å². The van der Waals surface area contributed by atoms with Gasteiger partial charge in [0, 0.05) is 11.9 Å². The molecule has 0 saturated carbocycles. The maximum atomic E-state index is 12.9. The van der Waals surface area contributed by atoms with E-state index in [2.05, 4.69) is 17.9 Å². The standard InChI is InChI=1S/C8H8FNOS/c1-10-8(11)6-4-5(12)2-3-7(6)9/h2-4,12H,1H3,(H,10,11). The average molecular weight is 185 g/mol. The monoisotopic (exact) mass is 185 g/mol. The Hall–Kier alpha value is -1.03. The fourth-order valence-electron chi connectivity index (χ4n) is 0.822. The first kappa shape index (κ1) is 9.06. The topological polar surface area (TPSA) is 29.1 Å². The highest BCUT2D eigenvalue weighted by atomic mass is 32.1. The maximum Gasteiger partial charge on any atom is 0.254 e. The molecule has 2 nitrogen and oxygen atoms in total. The highest BCUT2D eigenvalue weighted by molar-refractivity contribution is 7.80. The van der Waals surface area contributed by atoms with E-state index in [9.17, 15) is 9.18 Å². The van der Waals surface area contributed by atoms with Gasteiger partial charge in [-0.2, -0.15) is 0 Å². The van der Waals surface area contributed by atoms with Crippen molar-refractivity contribution in [1.82, 2.24) is 5.32 Å². The first-order valence-corrected chi connectivity index (χ1v) is 3.80. The predicted molar refractivity (Wildman–Crippen MR) is 47.0 cm³/mol. The van der Waals surface area contributed by atoms with Crippen LogP contribution in [0.4, 0.5) is 4.39 Å². The zero-order valence-electron chi connectivity index (χ0n) is 6.47. The van der Waals surface area contributed by atoms with Gasteiger partial charge in [-0.1, -0.05) is 0 Å². The van der Waals surface area contributed by atoms with Gasteiger partial charge >= 0.3 is 0 Å². The summed E-state index contributed by atoms with van der Waals surface area (Å²) in [6.07, 6.45) is 0. The molecule has 0 fully saturated rings. The van der Waals surface area contributed by atoms with Crippen molar-refractivity contribution in [2.75, 3.05) is 7.05 Å². The Balaban J connectivity index is 3.13. The summed E-state index contributed by atoms with van der Waals surface area (Å²) >= 11 is 3.99. The molecule has 0 unspecified atom stereocenters. The zero-order valence-corrected chi connectivity index (χ0v) is 7.36. The minimum Gasteiger partial charge on any atom is -0.355 e. The van der Waals surface area contributed by atoms with E-state index < -0.39 is 11.7 Å². The van der Waals surface area contributed by atoms with Crippen LogP contribution in [-0.4, -0.2) is 13.0 Å². The molecule has 0 atom stereocenters. The van der Waals surface area contributed by atoms with E-state index in [1.165, 1.54) is 25.2 Å². The zero-order chi connectivity index (χ0) is 9.14. The Morgan fingerprint density at radius 2 is 2.25 bits per heavy atom. The van der Waals surface area contributed by atoms with Gasteiger partial charge in [-0.25, -0.2) is 4.39 Å². The largest absolute Gasteiger partial charge is 0.355 e. The molecule has 0 aliphatic heterocycles. The van der Waals surface area contributed by atoms with Crippen LogP contribution in [0.25, 0.3) is 0 Å². The normalized spacial score (nSPS) is 9.58. The quantitative estimate of drug-likeness (QED) is 0.637. The third kappa shape index (κ3) is 1.76. The fourth-order valence-corrected chi connectivity index (χ4v) is 1.03. The first-order chi connectivity index (χ1) is 5.65. The number of hydrogen-bond donors (Lipinski definition) is 2. The molecule has 1 aromatic carbocycles. The van der Waals surface area contributed by atoms with Gasteiger partial charge < -0.3 is 5.32 Å². The van der Waals surface area contributed by atoms with Crippen LogP contribution in [0.5, 0.6) is 0 Å². The smallest absolute Gasteiger partial charge is 0.254 e. The van der Waals surface area contributed by atoms with Crippen molar-refractivity contribution >= 4 is 18.5 Å². The third-order valence-corrected chi connectivity index (χ3v) is 1.70. The van der Waals surface area contributed by atoms with Crippen molar-refractivity contribution in [2.45, 2.75) is 4.90 Å². The molecular formula is C8H8FNOS. The summed E-state index contributed by atoms with van der Waals surface area (Å²) in [6.45, 7) is 0. The maximum absolute atomic E-state index is 12.9. The molecule has 0 spiro atoms. The fraction of sp³-hybridized carbons (Fsp3) is 0.125. The summed E-state index contributed by atoms with van der Waals surface area (Å²) in [6, 6.07) is 4.09. The molecule has 1 amide bonds. The van der Waals surface area contributed by atoms with Gasteiger partial charge in [0.1, 0.15) is 5.82 Å². The summed E-state index contributed by atoms with van der Waals surface area (Å²) < 4.78 is 12.9. The van der Waals surface area contributed by atoms with E-state index in [4.69, 9.17) is 0 Å². The SMILES string of the molecule is CNC(=O)c1cc(S)ccc1F. The van der Waals surface area contributed by atoms with E-state index in [0.29, 0.717) is 4.90 Å². The number of amides is 1. The molecule has 12 heavy (non-hydrogen) atoms.